The third-order valence-corrected chi connectivity index (χ3v) is 2.87. The molecule has 1 unspecified atom stereocenters. The number of allylic oxidation sites excluding steroid dienone is 3. The van der Waals surface area contributed by atoms with E-state index in [2.05, 4.69) is 18.2 Å². The summed E-state index contributed by atoms with van der Waals surface area (Å²) >= 11 is 0. The fraction of sp³-hybridized carbons (Fsp3) is 0.583. The summed E-state index contributed by atoms with van der Waals surface area (Å²) in [5.74, 6) is 0. The second-order valence-corrected chi connectivity index (χ2v) is 4.01. The Morgan fingerprint density at radius 3 is 3.00 bits per heavy atom. The van der Waals surface area contributed by atoms with Gasteiger partial charge in [0.25, 0.3) is 0 Å². The van der Waals surface area contributed by atoms with Gasteiger partial charge in [0.1, 0.15) is 6.10 Å². The highest BCUT2D eigenvalue weighted by atomic mass is 16.6. The first-order valence-electron chi connectivity index (χ1n) is 5.60. The van der Waals surface area contributed by atoms with E-state index in [1.54, 1.807) is 4.90 Å². The van der Waals surface area contributed by atoms with Crippen LogP contribution in [0.5, 0.6) is 0 Å². The minimum absolute atomic E-state index is 0.0476. The lowest BCUT2D eigenvalue weighted by molar-refractivity contribution is 0.133. The van der Waals surface area contributed by atoms with Crippen LogP contribution in [-0.2, 0) is 4.74 Å². The van der Waals surface area contributed by atoms with E-state index in [9.17, 15) is 4.79 Å². The van der Waals surface area contributed by atoms with E-state index in [1.165, 1.54) is 5.57 Å². The maximum absolute atomic E-state index is 11.3. The van der Waals surface area contributed by atoms with Crippen LogP contribution in [0.15, 0.2) is 23.8 Å². The lowest BCUT2D eigenvalue weighted by Crippen LogP contribution is -2.24. The Morgan fingerprint density at radius 1 is 1.53 bits per heavy atom. The number of carbonyl (C=O) groups is 1. The molecule has 1 aliphatic heterocycles. The number of carbonyl (C=O) groups excluding carboxylic acids is 1. The Hall–Kier alpha value is -1.25. The van der Waals surface area contributed by atoms with Crippen molar-refractivity contribution in [1.82, 2.24) is 4.90 Å². The molecule has 1 saturated heterocycles. The van der Waals surface area contributed by atoms with Gasteiger partial charge in [-0.05, 0) is 25.3 Å². The van der Waals surface area contributed by atoms with Crippen molar-refractivity contribution in [1.29, 1.82) is 0 Å². The number of amides is 1. The van der Waals surface area contributed by atoms with E-state index in [4.69, 9.17) is 4.74 Å². The van der Waals surface area contributed by atoms with Gasteiger partial charge in [0, 0.05) is 13.0 Å². The second kappa shape index (κ2) is 4.51. The molecule has 0 radical (unpaired) electrons. The Bertz CT molecular complexity index is 307. The van der Waals surface area contributed by atoms with Crippen LogP contribution >= 0.6 is 0 Å². The Kier molecular flexibility index (Phi) is 3.09. The molecule has 1 atom stereocenters. The third kappa shape index (κ3) is 2.41. The average molecular weight is 207 g/mol. The first kappa shape index (κ1) is 10.3. The molecule has 0 aromatic rings. The van der Waals surface area contributed by atoms with Crippen molar-refractivity contribution in [2.24, 2.45) is 0 Å². The zero-order valence-electron chi connectivity index (χ0n) is 9.11. The monoisotopic (exact) mass is 207 g/mol. The number of hydrogen-bond acceptors (Lipinski definition) is 2. The summed E-state index contributed by atoms with van der Waals surface area (Å²) in [4.78, 5) is 13.1. The van der Waals surface area contributed by atoms with Gasteiger partial charge in [-0.1, -0.05) is 18.2 Å². The maximum Gasteiger partial charge on any atom is 0.410 e. The molecule has 2 aliphatic rings. The smallest absolute Gasteiger partial charge is 0.410 e. The van der Waals surface area contributed by atoms with Gasteiger partial charge in [-0.15, -0.1) is 0 Å². The number of likely N-dealkylation sites (N-methyl/N-ethyl adjacent to an activating group) is 1. The number of nitrogens with zero attached hydrogens (tertiary/aromatic N) is 1. The Morgan fingerprint density at radius 2 is 2.40 bits per heavy atom. The van der Waals surface area contributed by atoms with E-state index in [1.807, 2.05) is 6.92 Å². The third-order valence-electron chi connectivity index (χ3n) is 2.87. The molecular weight excluding hydrogens is 190 g/mol. The van der Waals surface area contributed by atoms with Gasteiger partial charge in [-0.2, -0.15) is 0 Å². The molecule has 1 aliphatic carbocycles. The largest absolute Gasteiger partial charge is 0.444 e. The Labute approximate surface area is 90.4 Å². The van der Waals surface area contributed by atoms with Crippen LogP contribution in [-0.4, -0.2) is 30.2 Å². The van der Waals surface area contributed by atoms with Gasteiger partial charge >= 0.3 is 6.09 Å². The molecule has 0 aromatic carbocycles. The average Bonchev–Trinajstić information content (AvgIpc) is 2.60. The van der Waals surface area contributed by atoms with E-state index < -0.39 is 0 Å². The number of ether oxygens (including phenoxy) is 1. The summed E-state index contributed by atoms with van der Waals surface area (Å²) in [5.41, 5.74) is 1.30. The quantitative estimate of drug-likeness (QED) is 0.711. The van der Waals surface area contributed by atoms with Crippen molar-refractivity contribution in [3.05, 3.63) is 23.8 Å². The zero-order valence-corrected chi connectivity index (χ0v) is 9.11. The molecule has 3 heteroatoms. The predicted molar refractivity (Wildman–Crippen MR) is 58.6 cm³/mol. The number of rotatable bonds is 3. The molecular formula is C12H17NO2. The molecule has 0 spiro atoms. The fourth-order valence-electron chi connectivity index (χ4n) is 2.02. The molecule has 82 valence electrons. The van der Waals surface area contributed by atoms with Crippen molar-refractivity contribution in [3.63, 3.8) is 0 Å². The molecule has 0 aromatic heterocycles. The molecule has 15 heavy (non-hydrogen) atoms. The van der Waals surface area contributed by atoms with Gasteiger partial charge in [0.2, 0.25) is 0 Å². The first-order valence-corrected chi connectivity index (χ1v) is 5.60. The minimum Gasteiger partial charge on any atom is -0.444 e. The van der Waals surface area contributed by atoms with Crippen molar-refractivity contribution >= 4 is 6.09 Å². The van der Waals surface area contributed by atoms with Crippen LogP contribution in [0.2, 0.25) is 0 Å². The summed E-state index contributed by atoms with van der Waals surface area (Å²) in [6, 6.07) is 0. The first-order chi connectivity index (χ1) is 7.29. The SMILES string of the molecule is CCN1CC(CC2=CCCC=C2)OC1=O. The molecule has 0 bridgehead atoms. The second-order valence-electron chi connectivity index (χ2n) is 4.01. The molecule has 1 fully saturated rings. The minimum atomic E-state index is -0.164. The van der Waals surface area contributed by atoms with Crippen LogP contribution < -0.4 is 0 Å². The molecule has 1 amide bonds. The van der Waals surface area contributed by atoms with Crippen LogP contribution in [0.25, 0.3) is 0 Å². The van der Waals surface area contributed by atoms with E-state index in [0.717, 1.165) is 32.4 Å². The maximum atomic E-state index is 11.3. The summed E-state index contributed by atoms with van der Waals surface area (Å²) < 4.78 is 5.28. The number of hydrogen-bond donors (Lipinski definition) is 0. The number of cyclic esters (lactones) is 1. The van der Waals surface area contributed by atoms with Crippen molar-refractivity contribution in [2.45, 2.75) is 32.3 Å². The lowest BCUT2D eigenvalue weighted by atomic mass is 10.0. The van der Waals surface area contributed by atoms with Gasteiger partial charge < -0.3 is 9.64 Å². The molecule has 2 rings (SSSR count). The molecule has 0 N–H and O–H groups in total. The van der Waals surface area contributed by atoms with Gasteiger partial charge in [-0.3, -0.25) is 0 Å². The van der Waals surface area contributed by atoms with Crippen LogP contribution in [0.3, 0.4) is 0 Å². The topological polar surface area (TPSA) is 29.5 Å². The standard InChI is InChI=1S/C12H17NO2/c1-2-13-9-11(15-12(13)14)8-10-6-4-3-5-7-10/h4,6-7,11H,2-3,5,8-9H2,1H3. The highest BCUT2D eigenvalue weighted by Crippen LogP contribution is 2.21. The van der Waals surface area contributed by atoms with Gasteiger partial charge in [-0.25, -0.2) is 4.79 Å². The van der Waals surface area contributed by atoms with E-state index in [-0.39, 0.29) is 12.2 Å². The molecule has 3 nitrogen and oxygen atoms in total. The predicted octanol–water partition coefficient (Wildman–Crippen LogP) is 2.49. The normalized spacial score (nSPS) is 25.4. The summed E-state index contributed by atoms with van der Waals surface area (Å²) in [7, 11) is 0. The highest BCUT2D eigenvalue weighted by molar-refractivity contribution is 5.69. The molecule has 0 saturated carbocycles. The Balaban J connectivity index is 1.89. The van der Waals surface area contributed by atoms with Crippen molar-refractivity contribution < 1.29 is 9.53 Å². The lowest BCUT2D eigenvalue weighted by Gasteiger charge is -2.11. The van der Waals surface area contributed by atoms with Crippen molar-refractivity contribution in [2.75, 3.05) is 13.1 Å². The summed E-state index contributed by atoms with van der Waals surface area (Å²) in [5, 5.41) is 0. The van der Waals surface area contributed by atoms with Crippen LogP contribution in [0.4, 0.5) is 4.79 Å². The van der Waals surface area contributed by atoms with Crippen molar-refractivity contribution in [3.8, 4) is 0 Å². The van der Waals surface area contributed by atoms with E-state index >= 15 is 0 Å². The summed E-state index contributed by atoms with van der Waals surface area (Å²) in [6.45, 7) is 3.45. The fourth-order valence-corrected chi connectivity index (χ4v) is 2.02. The zero-order chi connectivity index (χ0) is 10.7. The van der Waals surface area contributed by atoms with Gasteiger partial charge in [0.05, 0.1) is 6.54 Å². The van der Waals surface area contributed by atoms with Gasteiger partial charge in [0.15, 0.2) is 0 Å². The highest BCUT2D eigenvalue weighted by Gasteiger charge is 2.29. The van der Waals surface area contributed by atoms with Crippen LogP contribution in [0, 0.1) is 0 Å². The van der Waals surface area contributed by atoms with E-state index in [0.29, 0.717) is 0 Å². The molecule has 1 heterocycles. The van der Waals surface area contributed by atoms with Crippen LogP contribution in [0.1, 0.15) is 26.2 Å². The summed E-state index contributed by atoms with van der Waals surface area (Å²) in [6.07, 6.45) is 9.56.